The maximum atomic E-state index is 12.8. The molecule has 2 aliphatic heterocycles. The summed E-state index contributed by atoms with van der Waals surface area (Å²) in [5.41, 5.74) is 0.538. The molecule has 2 aromatic rings. The lowest BCUT2D eigenvalue weighted by molar-refractivity contribution is -0.383. The monoisotopic (exact) mass is 326 g/mol. The Morgan fingerprint density at radius 2 is 1.92 bits per heavy atom. The van der Waals surface area contributed by atoms with Crippen LogP contribution in [-0.4, -0.2) is 40.9 Å². The highest BCUT2D eigenvalue weighted by Gasteiger charge is 2.36. The van der Waals surface area contributed by atoms with Gasteiger partial charge in [0.1, 0.15) is 0 Å². The number of hydrogen-bond donors (Lipinski definition) is 0. The molecule has 24 heavy (non-hydrogen) atoms. The minimum Gasteiger partial charge on any atom is -0.376 e. The van der Waals surface area contributed by atoms with Crippen LogP contribution < -0.4 is 0 Å². The van der Waals surface area contributed by atoms with E-state index in [1.54, 1.807) is 18.2 Å². The molecule has 1 unspecified atom stereocenters. The number of non-ortho nitro benzene ring substituents is 1. The van der Waals surface area contributed by atoms with Gasteiger partial charge in [0.15, 0.2) is 0 Å². The Hall–Kier alpha value is -2.80. The molecule has 7 heteroatoms. The molecular formula is C17H14N2O5. The molecule has 4 rings (SSSR count). The predicted molar refractivity (Wildman–Crippen MR) is 84.9 cm³/mol. The molecule has 0 aromatic heterocycles. The zero-order valence-electron chi connectivity index (χ0n) is 12.7. The van der Waals surface area contributed by atoms with Crippen LogP contribution in [0.15, 0.2) is 30.3 Å². The lowest BCUT2D eigenvalue weighted by atomic mass is 9.93. The minimum atomic E-state index is -0.503. The molecule has 0 radical (unpaired) electrons. The second kappa shape index (κ2) is 5.38. The Labute approximate surface area is 137 Å². The van der Waals surface area contributed by atoms with Crippen LogP contribution in [0.2, 0.25) is 0 Å². The SMILES string of the molecule is O=C1c2cccc3c([N+](=O)[O-])ccc(c23)C(=O)N1CC1CCCO1. The summed E-state index contributed by atoms with van der Waals surface area (Å²) >= 11 is 0. The van der Waals surface area contributed by atoms with Crippen LogP contribution in [0, 0.1) is 10.1 Å². The van der Waals surface area contributed by atoms with E-state index in [1.807, 2.05) is 0 Å². The predicted octanol–water partition coefficient (Wildman–Crippen LogP) is 2.52. The van der Waals surface area contributed by atoms with Crippen LogP contribution in [0.4, 0.5) is 5.69 Å². The van der Waals surface area contributed by atoms with Crippen molar-refractivity contribution in [1.29, 1.82) is 0 Å². The summed E-state index contributed by atoms with van der Waals surface area (Å²) in [6, 6.07) is 7.52. The van der Waals surface area contributed by atoms with Crippen LogP contribution >= 0.6 is 0 Å². The second-order valence-electron chi connectivity index (χ2n) is 5.97. The molecule has 1 atom stereocenters. The van der Waals surface area contributed by atoms with Crippen molar-refractivity contribution in [2.24, 2.45) is 0 Å². The van der Waals surface area contributed by atoms with Gasteiger partial charge in [-0.05, 0) is 31.0 Å². The molecule has 0 aliphatic carbocycles. The topological polar surface area (TPSA) is 89.8 Å². The quantitative estimate of drug-likeness (QED) is 0.491. The van der Waals surface area contributed by atoms with E-state index in [1.165, 1.54) is 17.0 Å². The number of rotatable bonds is 3. The number of benzene rings is 2. The average Bonchev–Trinajstić information content (AvgIpc) is 3.09. The Kier molecular flexibility index (Phi) is 3.31. The number of hydrogen-bond acceptors (Lipinski definition) is 5. The first-order valence-corrected chi connectivity index (χ1v) is 7.76. The Morgan fingerprint density at radius 1 is 1.17 bits per heavy atom. The molecular weight excluding hydrogens is 312 g/mol. The highest BCUT2D eigenvalue weighted by Crippen LogP contribution is 2.35. The normalized spacial score (nSPS) is 20.0. The number of nitro benzene ring substituents is 1. The van der Waals surface area contributed by atoms with Gasteiger partial charge in [0.05, 0.1) is 23.0 Å². The van der Waals surface area contributed by atoms with Crippen LogP contribution in [0.1, 0.15) is 33.6 Å². The van der Waals surface area contributed by atoms with Crippen LogP contribution in [-0.2, 0) is 4.74 Å². The summed E-state index contributed by atoms with van der Waals surface area (Å²) < 4.78 is 5.53. The molecule has 2 aromatic carbocycles. The third-order valence-corrected chi connectivity index (χ3v) is 4.58. The van der Waals surface area contributed by atoms with E-state index in [-0.39, 0.29) is 18.3 Å². The number of nitrogens with zero attached hydrogens (tertiary/aromatic N) is 2. The minimum absolute atomic E-state index is 0.108. The molecule has 1 fully saturated rings. The van der Waals surface area contributed by atoms with Gasteiger partial charge in [-0.3, -0.25) is 24.6 Å². The van der Waals surface area contributed by atoms with Gasteiger partial charge in [-0.25, -0.2) is 0 Å². The van der Waals surface area contributed by atoms with Gasteiger partial charge in [-0.2, -0.15) is 0 Å². The van der Waals surface area contributed by atoms with Gasteiger partial charge in [-0.15, -0.1) is 0 Å². The van der Waals surface area contributed by atoms with Gasteiger partial charge in [0.2, 0.25) is 0 Å². The molecule has 1 saturated heterocycles. The number of amides is 2. The second-order valence-corrected chi connectivity index (χ2v) is 5.97. The van der Waals surface area contributed by atoms with Crippen molar-refractivity contribution in [1.82, 2.24) is 4.90 Å². The molecule has 0 saturated carbocycles. The summed E-state index contributed by atoms with van der Waals surface area (Å²) in [5.74, 6) is -0.844. The molecule has 2 heterocycles. The number of imide groups is 1. The van der Waals surface area contributed by atoms with Gasteiger partial charge in [0.25, 0.3) is 17.5 Å². The smallest absolute Gasteiger partial charge is 0.277 e. The largest absolute Gasteiger partial charge is 0.376 e. The number of ether oxygens (including phenoxy) is 1. The van der Waals surface area contributed by atoms with Crippen molar-refractivity contribution in [3.8, 4) is 0 Å². The van der Waals surface area contributed by atoms with E-state index in [2.05, 4.69) is 0 Å². The summed E-state index contributed by atoms with van der Waals surface area (Å²) in [7, 11) is 0. The summed E-state index contributed by atoms with van der Waals surface area (Å²) in [6.07, 6.45) is 1.59. The summed E-state index contributed by atoms with van der Waals surface area (Å²) in [5, 5.41) is 11.9. The van der Waals surface area contributed by atoms with E-state index < -0.39 is 16.7 Å². The Balaban J connectivity index is 1.85. The van der Waals surface area contributed by atoms with Gasteiger partial charge >= 0.3 is 0 Å². The van der Waals surface area contributed by atoms with Gasteiger partial charge < -0.3 is 4.74 Å². The third-order valence-electron chi connectivity index (χ3n) is 4.58. The standard InChI is InChI=1S/C17H14N2O5/c20-16-12-5-1-4-11-14(19(22)23)7-6-13(15(11)12)17(21)18(16)9-10-3-2-8-24-10/h1,4-7,10H,2-3,8-9H2. The highest BCUT2D eigenvalue weighted by atomic mass is 16.6. The van der Waals surface area contributed by atoms with Crippen molar-refractivity contribution >= 4 is 28.3 Å². The van der Waals surface area contributed by atoms with Crippen LogP contribution in [0.3, 0.4) is 0 Å². The lowest BCUT2D eigenvalue weighted by Gasteiger charge is -2.28. The molecule has 0 spiro atoms. The number of carbonyl (C=O) groups is 2. The average molecular weight is 326 g/mol. The Morgan fingerprint density at radius 3 is 2.58 bits per heavy atom. The molecule has 7 nitrogen and oxygen atoms in total. The molecule has 122 valence electrons. The number of nitro groups is 1. The Bertz CT molecular complexity index is 864. The van der Waals surface area contributed by atoms with Gasteiger partial charge in [0, 0.05) is 29.2 Å². The first-order valence-electron chi connectivity index (χ1n) is 7.76. The first kappa shape index (κ1) is 14.8. The fourth-order valence-corrected chi connectivity index (χ4v) is 3.45. The van der Waals surface area contributed by atoms with Crippen molar-refractivity contribution in [3.05, 3.63) is 51.6 Å². The summed E-state index contributed by atoms with van der Waals surface area (Å²) in [4.78, 5) is 37.4. The highest BCUT2D eigenvalue weighted by molar-refractivity contribution is 6.26. The van der Waals surface area contributed by atoms with Crippen LogP contribution in [0.25, 0.3) is 10.8 Å². The van der Waals surface area contributed by atoms with Crippen molar-refractivity contribution in [2.75, 3.05) is 13.2 Å². The van der Waals surface area contributed by atoms with Gasteiger partial charge in [-0.1, -0.05) is 6.07 Å². The fraction of sp³-hybridized carbons (Fsp3) is 0.294. The lowest BCUT2D eigenvalue weighted by Crippen LogP contribution is -2.44. The van der Waals surface area contributed by atoms with E-state index in [9.17, 15) is 19.7 Å². The maximum Gasteiger partial charge on any atom is 0.277 e. The van der Waals surface area contributed by atoms with E-state index >= 15 is 0 Å². The first-order chi connectivity index (χ1) is 11.6. The maximum absolute atomic E-state index is 12.8. The van der Waals surface area contributed by atoms with E-state index in [0.29, 0.717) is 28.5 Å². The van der Waals surface area contributed by atoms with E-state index in [4.69, 9.17) is 4.74 Å². The zero-order valence-corrected chi connectivity index (χ0v) is 12.7. The number of carbonyl (C=O) groups excluding carboxylic acids is 2. The zero-order chi connectivity index (χ0) is 16.8. The fourth-order valence-electron chi connectivity index (χ4n) is 3.45. The summed E-state index contributed by atoms with van der Waals surface area (Å²) in [6.45, 7) is 0.851. The van der Waals surface area contributed by atoms with Crippen molar-refractivity contribution < 1.29 is 19.2 Å². The molecule has 2 aliphatic rings. The van der Waals surface area contributed by atoms with E-state index in [0.717, 1.165) is 12.8 Å². The molecule has 0 bridgehead atoms. The van der Waals surface area contributed by atoms with Crippen LogP contribution in [0.5, 0.6) is 0 Å². The molecule has 0 N–H and O–H groups in total. The van der Waals surface area contributed by atoms with Crippen molar-refractivity contribution in [2.45, 2.75) is 18.9 Å². The third kappa shape index (κ3) is 2.09. The van der Waals surface area contributed by atoms with Crippen molar-refractivity contribution in [3.63, 3.8) is 0 Å². The molecule has 2 amide bonds.